The van der Waals surface area contributed by atoms with E-state index in [0.717, 1.165) is 37.7 Å². The van der Waals surface area contributed by atoms with E-state index in [2.05, 4.69) is 10.6 Å². The van der Waals surface area contributed by atoms with E-state index in [1.165, 1.54) is 24.3 Å². The van der Waals surface area contributed by atoms with Crippen LogP contribution >= 0.6 is 0 Å². The molecule has 0 radical (unpaired) electrons. The summed E-state index contributed by atoms with van der Waals surface area (Å²) in [5.74, 6) is -0.509. The zero-order valence-electron chi connectivity index (χ0n) is 16.0. The summed E-state index contributed by atoms with van der Waals surface area (Å²) in [4.78, 5) is 24.7. The lowest BCUT2D eigenvalue weighted by Crippen LogP contribution is -2.80. The number of nitrogens with one attached hydrogen (secondary N) is 2. The highest BCUT2D eigenvalue weighted by molar-refractivity contribution is 5.95. The summed E-state index contributed by atoms with van der Waals surface area (Å²) in [6.07, 6.45) is 4.11. The molecule has 0 heterocycles. The van der Waals surface area contributed by atoms with Gasteiger partial charge < -0.3 is 15.4 Å². The number of rotatable bonds is 6. The molecule has 4 fully saturated rings. The van der Waals surface area contributed by atoms with Crippen LogP contribution in [0.15, 0.2) is 54.6 Å². The Morgan fingerprint density at radius 2 is 1.59 bits per heavy atom. The molecule has 0 aromatic heterocycles. The fourth-order valence-electron chi connectivity index (χ4n) is 5.21. The second-order valence-electron chi connectivity index (χ2n) is 8.82. The van der Waals surface area contributed by atoms with Crippen LogP contribution in [0.5, 0.6) is 0 Å². The Hall–Kier alpha value is -2.89. The van der Waals surface area contributed by atoms with Gasteiger partial charge in [-0.1, -0.05) is 30.3 Å². The van der Waals surface area contributed by atoms with E-state index in [-0.39, 0.29) is 40.9 Å². The van der Waals surface area contributed by atoms with Crippen molar-refractivity contribution in [1.29, 1.82) is 0 Å². The zero-order valence-corrected chi connectivity index (χ0v) is 16.0. The van der Waals surface area contributed by atoms with Crippen LogP contribution in [0.3, 0.4) is 0 Å². The second kappa shape index (κ2) is 6.31. The first kappa shape index (κ1) is 18.2. The highest BCUT2D eigenvalue weighted by atomic mass is 19.1. The average molecular weight is 394 g/mol. The Labute approximate surface area is 168 Å². The average Bonchev–Trinajstić information content (AvgIpc) is 3.43. The van der Waals surface area contributed by atoms with Crippen molar-refractivity contribution >= 4 is 12.0 Å². The molecule has 2 N–H and O–H groups in total. The van der Waals surface area contributed by atoms with Crippen molar-refractivity contribution in [2.45, 2.75) is 49.8 Å². The van der Waals surface area contributed by atoms with E-state index in [4.69, 9.17) is 4.74 Å². The van der Waals surface area contributed by atoms with E-state index >= 15 is 0 Å². The summed E-state index contributed by atoms with van der Waals surface area (Å²) in [5.41, 5.74) is 1.12. The molecular weight excluding hydrogens is 371 g/mol. The second-order valence-corrected chi connectivity index (χ2v) is 8.82. The van der Waals surface area contributed by atoms with Crippen molar-refractivity contribution < 1.29 is 18.7 Å². The van der Waals surface area contributed by atoms with E-state index in [9.17, 15) is 14.0 Å². The summed E-state index contributed by atoms with van der Waals surface area (Å²) < 4.78 is 18.4. The Bertz CT molecular complexity index is 934. The minimum Gasteiger partial charge on any atom is -0.445 e. The molecule has 2 aromatic carbocycles. The summed E-state index contributed by atoms with van der Waals surface area (Å²) in [6, 6.07) is 15.2. The smallest absolute Gasteiger partial charge is 0.407 e. The van der Waals surface area contributed by atoms with Crippen LogP contribution < -0.4 is 10.6 Å². The largest absolute Gasteiger partial charge is 0.445 e. The summed E-state index contributed by atoms with van der Waals surface area (Å²) >= 11 is 0. The molecule has 2 amide bonds. The summed E-state index contributed by atoms with van der Waals surface area (Å²) in [7, 11) is 0. The standard InChI is InChI=1S/C23H23FN2O3/c24-18-8-6-17(7-9-18)19(27)25-23(10-11-23)21-13-22(14-21,15-21)26-20(28)29-12-16-4-2-1-3-5-16/h1-9H,10-15H2,(H,25,27)(H,26,28). The number of hydrogen-bond donors (Lipinski definition) is 2. The number of carbonyl (C=O) groups excluding carboxylic acids is 2. The molecule has 5 nitrogen and oxygen atoms in total. The number of amides is 2. The first-order valence-electron chi connectivity index (χ1n) is 10.0. The number of carbonyl (C=O) groups is 2. The van der Waals surface area contributed by atoms with Crippen molar-refractivity contribution in [3.8, 4) is 0 Å². The number of hydrogen-bond acceptors (Lipinski definition) is 3. The SMILES string of the molecule is O=C(NC12CC(C3(NC(=O)c4ccc(F)cc4)CC3)(C1)C2)OCc1ccccc1. The van der Waals surface area contributed by atoms with Crippen LogP contribution in [0.25, 0.3) is 0 Å². The van der Waals surface area contributed by atoms with Crippen molar-refractivity contribution in [1.82, 2.24) is 10.6 Å². The van der Waals surface area contributed by atoms with Gasteiger partial charge in [0, 0.05) is 22.1 Å². The molecule has 0 unspecified atom stereocenters. The van der Waals surface area contributed by atoms with Gasteiger partial charge in [0.05, 0.1) is 0 Å². The molecular formula is C23H23FN2O3. The fourth-order valence-corrected chi connectivity index (χ4v) is 5.21. The predicted molar refractivity (Wildman–Crippen MR) is 105 cm³/mol. The third-order valence-electron chi connectivity index (χ3n) is 6.83. The Morgan fingerprint density at radius 1 is 0.931 bits per heavy atom. The Balaban J connectivity index is 1.14. The molecule has 29 heavy (non-hydrogen) atoms. The highest BCUT2D eigenvalue weighted by Gasteiger charge is 2.79. The molecule has 2 bridgehead atoms. The van der Waals surface area contributed by atoms with Gasteiger partial charge in [-0.05, 0) is 61.9 Å². The van der Waals surface area contributed by atoms with Gasteiger partial charge in [-0.3, -0.25) is 4.79 Å². The van der Waals surface area contributed by atoms with Crippen LogP contribution in [0, 0.1) is 11.2 Å². The minimum absolute atomic E-state index is 0.0649. The number of benzene rings is 2. The van der Waals surface area contributed by atoms with Gasteiger partial charge in [0.25, 0.3) is 5.91 Å². The first-order chi connectivity index (χ1) is 13.9. The highest BCUT2D eigenvalue weighted by Crippen LogP contribution is 2.76. The quantitative estimate of drug-likeness (QED) is 0.780. The van der Waals surface area contributed by atoms with E-state index in [1.54, 1.807) is 0 Å². The van der Waals surface area contributed by atoms with Crippen molar-refractivity contribution in [2.75, 3.05) is 0 Å². The molecule has 0 aliphatic heterocycles. The molecule has 4 aliphatic carbocycles. The lowest BCUT2D eigenvalue weighted by molar-refractivity contribution is -0.177. The molecule has 0 atom stereocenters. The van der Waals surface area contributed by atoms with Crippen molar-refractivity contribution in [3.63, 3.8) is 0 Å². The summed E-state index contributed by atoms with van der Waals surface area (Å²) in [5, 5.41) is 6.22. The predicted octanol–water partition coefficient (Wildman–Crippen LogP) is 3.94. The Kier molecular flexibility index (Phi) is 3.95. The van der Waals surface area contributed by atoms with E-state index < -0.39 is 0 Å². The van der Waals surface area contributed by atoms with Crippen LogP contribution in [-0.2, 0) is 11.3 Å². The molecule has 150 valence electrons. The zero-order chi connectivity index (χ0) is 20.1. The minimum atomic E-state index is -0.387. The van der Waals surface area contributed by atoms with Crippen LogP contribution in [0.2, 0.25) is 0 Å². The lowest BCUT2D eigenvalue weighted by atomic mass is 9.36. The van der Waals surface area contributed by atoms with E-state index in [1.807, 2.05) is 30.3 Å². The van der Waals surface area contributed by atoms with Crippen LogP contribution in [0.1, 0.15) is 48.0 Å². The fraction of sp³-hybridized carbons (Fsp3) is 0.391. The third-order valence-corrected chi connectivity index (χ3v) is 6.83. The maximum atomic E-state index is 13.1. The lowest BCUT2D eigenvalue weighted by Gasteiger charge is -2.73. The molecule has 0 spiro atoms. The Morgan fingerprint density at radius 3 is 2.21 bits per heavy atom. The van der Waals surface area contributed by atoms with Gasteiger partial charge >= 0.3 is 6.09 Å². The molecule has 6 rings (SSSR count). The van der Waals surface area contributed by atoms with Gasteiger partial charge in [0.15, 0.2) is 0 Å². The van der Waals surface area contributed by atoms with Gasteiger partial charge in [0.1, 0.15) is 12.4 Å². The monoisotopic (exact) mass is 394 g/mol. The van der Waals surface area contributed by atoms with E-state index in [0.29, 0.717) is 5.56 Å². The molecule has 2 aromatic rings. The molecule has 4 aliphatic rings. The van der Waals surface area contributed by atoms with Gasteiger partial charge in [-0.25, -0.2) is 9.18 Å². The third kappa shape index (κ3) is 3.07. The maximum Gasteiger partial charge on any atom is 0.407 e. The first-order valence-corrected chi connectivity index (χ1v) is 10.0. The van der Waals surface area contributed by atoms with Crippen molar-refractivity contribution in [3.05, 3.63) is 71.5 Å². The molecule has 0 saturated heterocycles. The van der Waals surface area contributed by atoms with Gasteiger partial charge in [-0.15, -0.1) is 0 Å². The molecule has 6 heteroatoms. The van der Waals surface area contributed by atoms with Crippen LogP contribution in [0.4, 0.5) is 9.18 Å². The topological polar surface area (TPSA) is 67.4 Å². The number of halogens is 1. The van der Waals surface area contributed by atoms with Gasteiger partial charge in [0.2, 0.25) is 0 Å². The normalized spacial score (nSPS) is 27.8. The maximum absolute atomic E-state index is 13.1. The molecule has 4 saturated carbocycles. The number of ether oxygens (including phenoxy) is 1. The van der Waals surface area contributed by atoms with Gasteiger partial charge in [-0.2, -0.15) is 0 Å². The van der Waals surface area contributed by atoms with Crippen molar-refractivity contribution in [2.24, 2.45) is 5.41 Å². The summed E-state index contributed by atoms with van der Waals surface area (Å²) in [6.45, 7) is 0.256. The van der Waals surface area contributed by atoms with Crippen LogP contribution in [-0.4, -0.2) is 23.1 Å². The number of alkyl carbamates (subject to hydrolysis) is 1.